The van der Waals surface area contributed by atoms with Crippen molar-refractivity contribution in [3.8, 4) is 0 Å². The number of hydrogen-bond acceptors (Lipinski definition) is 3. The van der Waals surface area contributed by atoms with Gasteiger partial charge >= 0.3 is 12.1 Å². The number of ether oxygens (including phenoxy) is 1. The lowest BCUT2D eigenvalue weighted by molar-refractivity contribution is -0.144. The van der Waals surface area contributed by atoms with Crippen molar-refractivity contribution in [3.63, 3.8) is 0 Å². The number of nitrogens with one attached hydrogen (secondary N) is 1. The first-order valence-corrected chi connectivity index (χ1v) is 6.96. The van der Waals surface area contributed by atoms with Crippen LogP contribution in [0.3, 0.4) is 0 Å². The third-order valence-corrected chi connectivity index (χ3v) is 2.93. The fraction of sp³-hybridized carbons (Fsp3) is 0.500. The highest BCUT2D eigenvalue weighted by molar-refractivity contribution is 6.31. The number of alkyl halides is 3. The number of benzene rings is 1. The van der Waals surface area contributed by atoms with Gasteiger partial charge in [0.2, 0.25) is 0 Å². The van der Waals surface area contributed by atoms with Crippen LogP contribution in [0, 0.1) is 0 Å². The Morgan fingerprint density at radius 3 is 2.52 bits per heavy atom. The minimum Gasteiger partial charge on any atom is -0.464 e. The van der Waals surface area contributed by atoms with Crippen LogP contribution in [0.4, 0.5) is 18.9 Å². The largest absolute Gasteiger partial charge is 0.464 e. The van der Waals surface area contributed by atoms with Crippen LogP contribution in [0.5, 0.6) is 0 Å². The molecule has 0 aliphatic carbocycles. The molecule has 1 aromatic rings. The molecule has 0 bridgehead atoms. The van der Waals surface area contributed by atoms with Crippen LogP contribution in [-0.2, 0) is 15.7 Å². The molecule has 7 heteroatoms. The summed E-state index contributed by atoms with van der Waals surface area (Å²) < 4.78 is 43.1. The van der Waals surface area contributed by atoms with Gasteiger partial charge in [0, 0.05) is 10.7 Å². The average molecular weight is 324 g/mol. The molecule has 0 aliphatic heterocycles. The topological polar surface area (TPSA) is 38.3 Å². The maximum Gasteiger partial charge on any atom is 0.416 e. The minimum absolute atomic E-state index is 0.0496. The SMILES string of the molecule is CCCC(Nc1cc(Cl)cc(C(F)(F)F)c1)C(=O)OCC. The van der Waals surface area contributed by atoms with Crippen molar-refractivity contribution in [3.05, 3.63) is 28.8 Å². The van der Waals surface area contributed by atoms with Crippen LogP contribution in [0.1, 0.15) is 32.3 Å². The molecular formula is C14H17ClF3NO2. The maximum atomic E-state index is 12.7. The Balaban J connectivity index is 2.98. The van der Waals surface area contributed by atoms with Gasteiger partial charge in [-0.25, -0.2) is 4.79 Å². The molecule has 0 fully saturated rings. The van der Waals surface area contributed by atoms with Crippen molar-refractivity contribution in [2.45, 2.75) is 38.9 Å². The highest BCUT2D eigenvalue weighted by Crippen LogP contribution is 2.33. The summed E-state index contributed by atoms with van der Waals surface area (Å²) >= 11 is 5.70. The number of carbonyl (C=O) groups excluding carboxylic acids is 1. The molecule has 0 spiro atoms. The van der Waals surface area contributed by atoms with E-state index in [9.17, 15) is 18.0 Å². The predicted molar refractivity (Wildman–Crippen MR) is 75.4 cm³/mol. The van der Waals surface area contributed by atoms with Gasteiger partial charge in [-0.15, -0.1) is 0 Å². The first kappa shape index (κ1) is 17.6. The van der Waals surface area contributed by atoms with E-state index in [-0.39, 0.29) is 17.3 Å². The normalized spacial score (nSPS) is 12.9. The smallest absolute Gasteiger partial charge is 0.416 e. The molecule has 118 valence electrons. The molecule has 0 aromatic heterocycles. The maximum absolute atomic E-state index is 12.7. The third-order valence-electron chi connectivity index (χ3n) is 2.71. The van der Waals surface area contributed by atoms with E-state index < -0.39 is 23.8 Å². The zero-order valence-corrected chi connectivity index (χ0v) is 12.5. The van der Waals surface area contributed by atoms with Crippen molar-refractivity contribution in [2.75, 3.05) is 11.9 Å². The second kappa shape index (κ2) is 7.54. The van der Waals surface area contributed by atoms with E-state index in [4.69, 9.17) is 16.3 Å². The highest BCUT2D eigenvalue weighted by atomic mass is 35.5. The number of hydrogen-bond donors (Lipinski definition) is 1. The first-order valence-electron chi connectivity index (χ1n) is 6.58. The zero-order chi connectivity index (χ0) is 16.0. The van der Waals surface area contributed by atoms with Gasteiger partial charge < -0.3 is 10.1 Å². The fourth-order valence-corrected chi connectivity index (χ4v) is 2.05. The number of carbonyl (C=O) groups is 1. The van der Waals surface area contributed by atoms with Crippen LogP contribution in [0.2, 0.25) is 5.02 Å². The molecule has 1 rings (SSSR count). The van der Waals surface area contributed by atoms with Gasteiger partial charge in [0.1, 0.15) is 6.04 Å². The number of rotatable bonds is 6. The van der Waals surface area contributed by atoms with Gasteiger partial charge in [0.15, 0.2) is 0 Å². The van der Waals surface area contributed by atoms with Crippen LogP contribution >= 0.6 is 11.6 Å². The first-order chi connectivity index (χ1) is 9.77. The summed E-state index contributed by atoms with van der Waals surface area (Å²) in [4.78, 5) is 11.8. The van der Waals surface area contributed by atoms with Crippen LogP contribution < -0.4 is 5.32 Å². The Morgan fingerprint density at radius 2 is 2.00 bits per heavy atom. The molecule has 1 N–H and O–H groups in total. The lowest BCUT2D eigenvalue weighted by Crippen LogP contribution is -2.31. The van der Waals surface area contributed by atoms with Crippen molar-refractivity contribution >= 4 is 23.3 Å². The molecule has 0 saturated carbocycles. The Kier molecular flexibility index (Phi) is 6.33. The number of anilines is 1. The van der Waals surface area contributed by atoms with E-state index in [0.717, 1.165) is 12.1 Å². The molecular weight excluding hydrogens is 307 g/mol. The number of halogens is 4. The molecule has 21 heavy (non-hydrogen) atoms. The molecule has 3 nitrogen and oxygen atoms in total. The minimum atomic E-state index is -4.49. The van der Waals surface area contributed by atoms with Crippen molar-refractivity contribution in [1.82, 2.24) is 0 Å². The molecule has 0 amide bonds. The van der Waals surface area contributed by atoms with Gasteiger partial charge in [0.25, 0.3) is 0 Å². The van der Waals surface area contributed by atoms with E-state index in [1.807, 2.05) is 6.92 Å². The Hall–Kier alpha value is -1.43. The summed E-state index contributed by atoms with van der Waals surface area (Å²) in [6.07, 6.45) is -3.36. The second-order valence-corrected chi connectivity index (χ2v) is 4.90. The molecule has 1 unspecified atom stereocenters. The Morgan fingerprint density at radius 1 is 1.33 bits per heavy atom. The monoisotopic (exact) mass is 323 g/mol. The lowest BCUT2D eigenvalue weighted by Gasteiger charge is -2.19. The van der Waals surface area contributed by atoms with Crippen LogP contribution in [0.25, 0.3) is 0 Å². The quantitative estimate of drug-likeness (QED) is 0.783. The Bertz CT molecular complexity index is 492. The zero-order valence-electron chi connectivity index (χ0n) is 11.8. The molecule has 0 aliphatic rings. The fourth-order valence-electron chi connectivity index (χ4n) is 1.82. The molecule has 0 heterocycles. The van der Waals surface area contributed by atoms with Crippen molar-refractivity contribution in [2.24, 2.45) is 0 Å². The van der Waals surface area contributed by atoms with Gasteiger partial charge in [0.05, 0.1) is 12.2 Å². The summed E-state index contributed by atoms with van der Waals surface area (Å²) in [6, 6.07) is 2.41. The van der Waals surface area contributed by atoms with E-state index in [1.54, 1.807) is 6.92 Å². The van der Waals surface area contributed by atoms with Crippen LogP contribution in [-0.4, -0.2) is 18.6 Å². The number of esters is 1. The molecule has 1 aromatic carbocycles. The molecule has 0 radical (unpaired) electrons. The van der Waals surface area contributed by atoms with Crippen molar-refractivity contribution in [1.29, 1.82) is 0 Å². The van der Waals surface area contributed by atoms with Gasteiger partial charge in [-0.05, 0) is 31.5 Å². The predicted octanol–water partition coefficient (Wildman–Crippen LogP) is 4.50. The summed E-state index contributed by atoms with van der Waals surface area (Å²) in [7, 11) is 0. The summed E-state index contributed by atoms with van der Waals surface area (Å²) in [5.41, 5.74) is -0.724. The molecule has 1 atom stereocenters. The Labute approximate surface area is 126 Å². The summed E-state index contributed by atoms with van der Waals surface area (Å²) in [5.74, 6) is -0.493. The van der Waals surface area contributed by atoms with Gasteiger partial charge in [-0.3, -0.25) is 0 Å². The standard InChI is InChI=1S/C14H17ClF3NO2/c1-3-5-12(13(20)21-4-2)19-11-7-9(14(16,17)18)6-10(15)8-11/h6-8,12,19H,3-5H2,1-2H3. The summed E-state index contributed by atoms with van der Waals surface area (Å²) in [5, 5.41) is 2.71. The van der Waals surface area contributed by atoms with E-state index >= 15 is 0 Å². The van der Waals surface area contributed by atoms with E-state index in [2.05, 4.69) is 5.32 Å². The average Bonchev–Trinajstić information content (AvgIpc) is 2.37. The highest BCUT2D eigenvalue weighted by Gasteiger charge is 2.31. The molecule has 0 saturated heterocycles. The van der Waals surface area contributed by atoms with E-state index in [0.29, 0.717) is 12.8 Å². The van der Waals surface area contributed by atoms with Gasteiger partial charge in [-0.1, -0.05) is 24.9 Å². The van der Waals surface area contributed by atoms with E-state index in [1.165, 1.54) is 6.07 Å². The van der Waals surface area contributed by atoms with Crippen molar-refractivity contribution < 1.29 is 22.7 Å². The lowest BCUT2D eigenvalue weighted by atomic mass is 10.1. The summed E-state index contributed by atoms with van der Waals surface area (Å²) in [6.45, 7) is 3.75. The van der Waals surface area contributed by atoms with Gasteiger partial charge in [-0.2, -0.15) is 13.2 Å². The second-order valence-electron chi connectivity index (χ2n) is 4.46. The third kappa shape index (κ3) is 5.46. The van der Waals surface area contributed by atoms with Crippen LogP contribution in [0.15, 0.2) is 18.2 Å².